The molecule has 0 aliphatic heterocycles. The maximum Gasteiger partial charge on any atom is 0.317 e. The van der Waals surface area contributed by atoms with Crippen molar-refractivity contribution in [1.82, 2.24) is 9.80 Å². The molecule has 0 bridgehead atoms. The van der Waals surface area contributed by atoms with Crippen molar-refractivity contribution in [2.24, 2.45) is 0 Å². The van der Waals surface area contributed by atoms with E-state index in [0.717, 1.165) is 18.7 Å². The van der Waals surface area contributed by atoms with Gasteiger partial charge in [-0.15, -0.1) is 0 Å². The quantitative estimate of drug-likeness (QED) is 0.795. The summed E-state index contributed by atoms with van der Waals surface area (Å²) in [4.78, 5) is 14.9. The largest absolute Gasteiger partial charge is 0.480 e. The van der Waals surface area contributed by atoms with E-state index in [4.69, 9.17) is 5.11 Å². The van der Waals surface area contributed by atoms with Gasteiger partial charge < -0.3 is 10.0 Å². The van der Waals surface area contributed by atoms with E-state index in [-0.39, 0.29) is 6.54 Å². The van der Waals surface area contributed by atoms with Gasteiger partial charge in [0.1, 0.15) is 0 Å². The molecule has 1 aromatic rings. The van der Waals surface area contributed by atoms with Crippen LogP contribution in [0.5, 0.6) is 0 Å². The third-order valence-electron chi connectivity index (χ3n) is 2.71. The molecule has 0 spiro atoms. The van der Waals surface area contributed by atoms with Crippen molar-refractivity contribution in [2.45, 2.75) is 13.5 Å². The minimum absolute atomic E-state index is 0.0851. The molecule has 4 nitrogen and oxygen atoms in total. The smallest absolute Gasteiger partial charge is 0.317 e. The molecule has 0 radical (unpaired) electrons. The highest BCUT2D eigenvalue weighted by molar-refractivity contribution is 5.69. The molecular weight excluding hydrogens is 228 g/mol. The fourth-order valence-electron chi connectivity index (χ4n) is 1.82. The molecule has 100 valence electrons. The van der Waals surface area contributed by atoms with E-state index in [0.29, 0.717) is 6.54 Å². The number of carboxylic acid groups (broad SMARTS) is 1. The van der Waals surface area contributed by atoms with Gasteiger partial charge in [0.2, 0.25) is 0 Å². The van der Waals surface area contributed by atoms with Crippen LogP contribution >= 0.6 is 0 Å². The van der Waals surface area contributed by atoms with Gasteiger partial charge in [-0.25, -0.2) is 0 Å². The third-order valence-corrected chi connectivity index (χ3v) is 2.71. The molecule has 0 atom stereocenters. The predicted octanol–water partition coefficient (Wildman–Crippen LogP) is 1.44. The van der Waals surface area contributed by atoms with Gasteiger partial charge in [-0.3, -0.25) is 9.69 Å². The fourth-order valence-corrected chi connectivity index (χ4v) is 1.82. The Hall–Kier alpha value is -1.39. The van der Waals surface area contributed by atoms with Crippen molar-refractivity contribution in [3.63, 3.8) is 0 Å². The van der Waals surface area contributed by atoms with E-state index in [1.807, 2.05) is 44.1 Å². The average molecular weight is 250 g/mol. The lowest BCUT2D eigenvalue weighted by Crippen LogP contribution is -2.35. The first-order chi connectivity index (χ1) is 8.47. The summed E-state index contributed by atoms with van der Waals surface area (Å²) >= 11 is 0. The van der Waals surface area contributed by atoms with Crippen LogP contribution in [0.4, 0.5) is 0 Å². The van der Waals surface area contributed by atoms with E-state index in [2.05, 4.69) is 11.0 Å². The molecule has 0 aromatic heterocycles. The first-order valence-corrected chi connectivity index (χ1v) is 6.12. The topological polar surface area (TPSA) is 43.8 Å². The zero-order valence-corrected chi connectivity index (χ0v) is 11.4. The SMILES string of the molecule is Cc1cccc(CN(CCN(C)C)CC(=O)O)c1. The fraction of sp³-hybridized carbons (Fsp3) is 0.500. The molecule has 0 saturated carbocycles. The number of aryl methyl sites for hydroxylation is 1. The van der Waals surface area contributed by atoms with Gasteiger partial charge in [0.15, 0.2) is 0 Å². The maximum absolute atomic E-state index is 10.9. The highest BCUT2D eigenvalue weighted by atomic mass is 16.4. The van der Waals surface area contributed by atoms with Crippen molar-refractivity contribution >= 4 is 5.97 Å². The molecule has 0 saturated heterocycles. The minimum atomic E-state index is -0.776. The summed E-state index contributed by atoms with van der Waals surface area (Å²) in [6.07, 6.45) is 0. The Balaban J connectivity index is 2.62. The van der Waals surface area contributed by atoms with Crippen LogP contribution < -0.4 is 0 Å². The first kappa shape index (κ1) is 14.7. The van der Waals surface area contributed by atoms with Crippen LogP contribution in [0.15, 0.2) is 24.3 Å². The van der Waals surface area contributed by atoms with Crippen molar-refractivity contribution in [3.05, 3.63) is 35.4 Å². The van der Waals surface area contributed by atoms with Crippen LogP contribution in [0.3, 0.4) is 0 Å². The van der Waals surface area contributed by atoms with E-state index in [1.54, 1.807) is 0 Å². The zero-order valence-electron chi connectivity index (χ0n) is 11.4. The van der Waals surface area contributed by atoms with Crippen molar-refractivity contribution < 1.29 is 9.90 Å². The highest BCUT2D eigenvalue weighted by Gasteiger charge is 2.10. The Morgan fingerprint density at radius 1 is 1.28 bits per heavy atom. The average Bonchev–Trinajstić information content (AvgIpc) is 2.25. The van der Waals surface area contributed by atoms with Crippen molar-refractivity contribution in [1.29, 1.82) is 0 Å². The molecule has 0 unspecified atom stereocenters. The zero-order chi connectivity index (χ0) is 13.5. The lowest BCUT2D eigenvalue weighted by molar-refractivity contribution is -0.138. The highest BCUT2D eigenvalue weighted by Crippen LogP contribution is 2.07. The monoisotopic (exact) mass is 250 g/mol. The molecule has 1 N–H and O–H groups in total. The minimum Gasteiger partial charge on any atom is -0.480 e. The Kier molecular flexibility index (Phi) is 5.82. The van der Waals surface area contributed by atoms with Crippen LogP contribution in [-0.4, -0.2) is 54.6 Å². The number of hydrogen-bond acceptors (Lipinski definition) is 3. The summed E-state index contributed by atoms with van der Waals surface area (Å²) in [7, 11) is 3.98. The van der Waals surface area contributed by atoms with E-state index < -0.39 is 5.97 Å². The van der Waals surface area contributed by atoms with Crippen LogP contribution in [0.2, 0.25) is 0 Å². The third kappa shape index (κ3) is 5.80. The molecule has 4 heteroatoms. The molecule has 0 fully saturated rings. The van der Waals surface area contributed by atoms with Gasteiger partial charge in [0, 0.05) is 19.6 Å². The number of aliphatic carboxylic acids is 1. The second-order valence-corrected chi connectivity index (χ2v) is 4.90. The molecule has 1 aromatic carbocycles. The summed E-state index contributed by atoms with van der Waals surface area (Å²) in [5.74, 6) is -0.776. The number of rotatable bonds is 7. The standard InChI is InChI=1S/C14H22N2O2/c1-12-5-4-6-13(9-12)10-16(11-14(17)18)8-7-15(2)3/h4-6,9H,7-8,10-11H2,1-3H3,(H,17,18). The van der Waals surface area contributed by atoms with Gasteiger partial charge >= 0.3 is 5.97 Å². The van der Waals surface area contributed by atoms with Crippen molar-refractivity contribution in [2.75, 3.05) is 33.7 Å². The number of carbonyl (C=O) groups is 1. The number of likely N-dealkylation sites (N-methyl/N-ethyl adjacent to an activating group) is 1. The normalized spacial score (nSPS) is 11.2. The van der Waals surface area contributed by atoms with Gasteiger partial charge in [-0.1, -0.05) is 29.8 Å². The van der Waals surface area contributed by atoms with Crippen LogP contribution in [0, 0.1) is 6.92 Å². The number of nitrogens with zero attached hydrogens (tertiary/aromatic N) is 2. The number of benzene rings is 1. The van der Waals surface area contributed by atoms with E-state index >= 15 is 0 Å². The second-order valence-electron chi connectivity index (χ2n) is 4.90. The summed E-state index contributed by atoms with van der Waals surface area (Å²) < 4.78 is 0. The van der Waals surface area contributed by atoms with Gasteiger partial charge in [0.25, 0.3) is 0 Å². The van der Waals surface area contributed by atoms with Crippen LogP contribution in [0.1, 0.15) is 11.1 Å². The van der Waals surface area contributed by atoms with Gasteiger partial charge in [-0.05, 0) is 26.6 Å². The molecule has 0 aliphatic carbocycles. The van der Waals surface area contributed by atoms with E-state index in [1.165, 1.54) is 5.56 Å². The van der Waals surface area contributed by atoms with Crippen LogP contribution in [-0.2, 0) is 11.3 Å². The Bertz CT molecular complexity index is 391. The predicted molar refractivity (Wildman–Crippen MR) is 72.6 cm³/mol. The number of carboxylic acids is 1. The Morgan fingerprint density at radius 2 is 2.00 bits per heavy atom. The lowest BCUT2D eigenvalue weighted by Gasteiger charge is -2.22. The summed E-state index contributed by atoms with van der Waals surface area (Å²) in [5, 5.41) is 8.93. The molecule has 1 rings (SSSR count). The summed E-state index contributed by atoms with van der Waals surface area (Å²) in [5.41, 5.74) is 2.37. The summed E-state index contributed by atoms with van der Waals surface area (Å²) in [6.45, 7) is 4.43. The van der Waals surface area contributed by atoms with Crippen molar-refractivity contribution in [3.8, 4) is 0 Å². The molecule has 0 aliphatic rings. The van der Waals surface area contributed by atoms with E-state index in [9.17, 15) is 4.79 Å². The molecule has 0 heterocycles. The summed E-state index contributed by atoms with van der Waals surface area (Å²) in [6, 6.07) is 8.20. The molecular formula is C14H22N2O2. The Labute approximate surface area is 109 Å². The number of hydrogen-bond donors (Lipinski definition) is 1. The first-order valence-electron chi connectivity index (χ1n) is 6.12. The molecule has 18 heavy (non-hydrogen) atoms. The van der Waals surface area contributed by atoms with Crippen LogP contribution in [0.25, 0.3) is 0 Å². The van der Waals surface area contributed by atoms with Gasteiger partial charge in [0.05, 0.1) is 6.54 Å². The molecule has 0 amide bonds. The second kappa shape index (κ2) is 7.13. The lowest BCUT2D eigenvalue weighted by atomic mass is 10.1. The maximum atomic E-state index is 10.9. The Morgan fingerprint density at radius 3 is 2.56 bits per heavy atom. The van der Waals surface area contributed by atoms with Gasteiger partial charge in [-0.2, -0.15) is 0 Å².